The molecule has 0 aromatic rings. The second kappa shape index (κ2) is 9.70. The lowest BCUT2D eigenvalue weighted by Gasteiger charge is -1.99. The molecule has 0 spiro atoms. The molecule has 0 rings (SSSR count). The second-order valence-electron chi connectivity index (χ2n) is 2.77. The molecule has 0 heterocycles. The Bertz CT molecular complexity index is 86.9. The first kappa shape index (κ1) is 10.7. The Labute approximate surface area is 70.9 Å². The lowest BCUT2D eigenvalue weighted by atomic mass is 10.3. The maximum absolute atomic E-state index is 3.39. The van der Waals surface area contributed by atoms with E-state index < -0.39 is 0 Å². The van der Waals surface area contributed by atoms with Crippen LogP contribution in [0.15, 0.2) is 12.2 Å². The van der Waals surface area contributed by atoms with Crippen LogP contribution in [0.4, 0.5) is 0 Å². The van der Waals surface area contributed by atoms with Crippen molar-refractivity contribution >= 4 is 0 Å². The summed E-state index contributed by atoms with van der Waals surface area (Å²) in [6.45, 7) is 6.70. The Balaban J connectivity index is 2.85. The van der Waals surface area contributed by atoms with Gasteiger partial charge in [-0.1, -0.05) is 32.4 Å². The van der Waals surface area contributed by atoms with Crippen LogP contribution in [0.1, 0.15) is 39.5 Å². The SMILES string of the molecule is CC/C=C/CCNCCCC. The molecule has 0 amide bonds. The van der Waals surface area contributed by atoms with Gasteiger partial charge in [0, 0.05) is 0 Å². The number of unbranched alkanes of at least 4 members (excludes halogenated alkanes) is 1. The van der Waals surface area contributed by atoms with E-state index in [4.69, 9.17) is 0 Å². The molecule has 0 atom stereocenters. The van der Waals surface area contributed by atoms with Crippen molar-refractivity contribution in [3.63, 3.8) is 0 Å². The van der Waals surface area contributed by atoms with Crippen LogP contribution in [-0.2, 0) is 0 Å². The number of hydrogen-bond acceptors (Lipinski definition) is 1. The van der Waals surface area contributed by atoms with Crippen molar-refractivity contribution in [2.45, 2.75) is 39.5 Å². The zero-order valence-corrected chi connectivity index (χ0v) is 7.90. The van der Waals surface area contributed by atoms with Crippen LogP contribution < -0.4 is 5.32 Å². The van der Waals surface area contributed by atoms with Crippen molar-refractivity contribution in [2.75, 3.05) is 13.1 Å². The predicted molar refractivity (Wildman–Crippen MR) is 51.8 cm³/mol. The summed E-state index contributed by atoms with van der Waals surface area (Å²) < 4.78 is 0. The lowest BCUT2D eigenvalue weighted by Crippen LogP contribution is -2.15. The summed E-state index contributed by atoms with van der Waals surface area (Å²) in [5.41, 5.74) is 0. The molecule has 0 unspecified atom stereocenters. The van der Waals surface area contributed by atoms with Gasteiger partial charge in [-0.15, -0.1) is 0 Å². The molecule has 1 heteroatoms. The summed E-state index contributed by atoms with van der Waals surface area (Å²) in [7, 11) is 0. The minimum absolute atomic E-state index is 1.14. The fourth-order valence-corrected chi connectivity index (χ4v) is 0.897. The Kier molecular flexibility index (Phi) is 9.44. The fraction of sp³-hybridized carbons (Fsp3) is 0.800. The quantitative estimate of drug-likeness (QED) is 0.440. The molecule has 1 nitrogen and oxygen atoms in total. The molecule has 0 radical (unpaired) electrons. The zero-order valence-electron chi connectivity index (χ0n) is 7.90. The van der Waals surface area contributed by atoms with Crippen LogP contribution >= 0.6 is 0 Å². The summed E-state index contributed by atoms with van der Waals surface area (Å²) in [4.78, 5) is 0. The summed E-state index contributed by atoms with van der Waals surface area (Å²) in [6.07, 6.45) is 9.41. The van der Waals surface area contributed by atoms with Crippen molar-refractivity contribution in [3.8, 4) is 0 Å². The van der Waals surface area contributed by atoms with Crippen molar-refractivity contribution < 1.29 is 0 Å². The van der Waals surface area contributed by atoms with E-state index in [0.717, 1.165) is 13.0 Å². The number of allylic oxidation sites excluding steroid dienone is 1. The van der Waals surface area contributed by atoms with Crippen LogP contribution in [0.25, 0.3) is 0 Å². The van der Waals surface area contributed by atoms with Gasteiger partial charge >= 0.3 is 0 Å². The fourth-order valence-electron chi connectivity index (χ4n) is 0.897. The van der Waals surface area contributed by atoms with Crippen molar-refractivity contribution in [2.24, 2.45) is 0 Å². The van der Waals surface area contributed by atoms with Crippen LogP contribution in [0.2, 0.25) is 0 Å². The second-order valence-corrected chi connectivity index (χ2v) is 2.77. The summed E-state index contributed by atoms with van der Waals surface area (Å²) in [5, 5.41) is 3.39. The standard InChI is InChI=1S/C10H21N/c1-3-5-7-8-10-11-9-6-4-2/h5,7,11H,3-4,6,8-10H2,1-2H3/b7-5+. The van der Waals surface area contributed by atoms with Crippen LogP contribution in [0, 0.1) is 0 Å². The first-order chi connectivity index (χ1) is 5.41. The number of nitrogens with one attached hydrogen (secondary N) is 1. The first-order valence-electron chi connectivity index (χ1n) is 4.77. The van der Waals surface area contributed by atoms with E-state index >= 15 is 0 Å². The summed E-state index contributed by atoms with van der Waals surface area (Å²) in [5.74, 6) is 0. The maximum Gasteiger partial charge on any atom is -0.00143 e. The highest BCUT2D eigenvalue weighted by atomic mass is 14.8. The molecule has 66 valence electrons. The largest absolute Gasteiger partial charge is 0.316 e. The van der Waals surface area contributed by atoms with Gasteiger partial charge in [-0.3, -0.25) is 0 Å². The van der Waals surface area contributed by atoms with E-state index in [2.05, 4.69) is 31.3 Å². The van der Waals surface area contributed by atoms with E-state index in [1.807, 2.05) is 0 Å². The number of hydrogen-bond donors (Lipinski definition) is 1. The molecule has 1 N–H and O–H groups in total. The minimum atomic E-state index is 1.14. The highest BCUT2D eigenvalue weighted by molar-refractivity contribution is 4.80. The van der Waals surface area contributed by atoms with Crippen molar-refractivity contribution in [1.82, 2.24) is 5.32 Å². The van der Waals surface area contributed by atoms with Gasteiger partial charge in [-0.2, -0.15) is 0 Å². The van der Waals surface area contributed by atoms with E-state index in [9.17, 15) is 0 Å². The molecule has 0 saturated carbocycles. The molecule has 0 fully saturated rings. The smallest absolute Gasteiger partial charge is 0.00143 e. The predicted octanol–water partition coefficient (Wildman–Crippen LogP) is 2.73. The minimum Gasteiger partial charge on any atom is -0.316 e. The molecular weight excluding hydrogens is 134 g/mol. The molecule has 0 aromatic heterocycles. The third kappa shape index (κ3) is 9.70. The van der Waals surface area contributed by atoms with Gasteiger partial charge in [0.2, 0.25) is 0 Å². The molecule has 0 aliphatic carbocycles. The Morgan fingerprint density at radius 1 is 1.09 bits per heavy atom. The highest BCUT2D eigenvalue weighted by Gasteiger charge is 1.82. The number of rotatable bonds is 7. The van der Waals surface area contributed by atoms with E-state index in [1.165, 1.54) is 25.8 Å². The average molecular weight is 155 g/mol. The first-order valence-corrected chi connectivity index (χ1v) is 4.77. The maximum atomic E-state index is 3.39. The Morgan fingerprint density at radius 2 is 1.91 bits per heavy atom. The van der Waals surface area contributed by atoms with Gasteiger partial charge in [0.1, 0.15) is 0 Å². The molecule has 0 aliphatic heterocycles. The Hall–Kier alpha value is -0.300. The molecule has 0 saturated heterocycles. The molecule has 11 heavy (non-hydrogen) atoms. The lowest BCUT2D eigenvalue weighted by molar-refractivity contribution is 0.645. The van der Waals surface area contributed by atoms with E-state index in [1.54, 1.807) is 0 Å². The third-order valence-corrected chi connectivity index (χ3v) is 1.60. The van der Waals surface area contributed by atoms with Crippen LogP contribution in [0.5, 0.6) is 0 Å². The van der Waals surface area contributed by atoms with Crippen LogP contribution in [-0.4, -0.2) is 13.1 Å². The molecule has 0 aromatic carbocycles. The van der Waals surface area contributed by atoms with Gasteiger partial charge in [-0.05, 0) is 32.4 Å². The topological polar surface area (TPSA) is 12.0 Å². The van der Waals surface area contributed by atoms with Crippen molar-refractivity contribution in [3.05, 3.63) is 12.2 Å². The Morgan fingerprint density at radius 3 is 2.55 bits per heavy atom. The van der Waals surface area contributed by atoms with Gasteiger partial charge in [0.15, 0.2) is 0 Å². The van der Waals surface area contributed by atoms with Gasteiger partial charge < -0.3 is 5.32 Å². The molecular formula is C10H21N. The zero-order chi connectivity index (χ0) is 8.36. The monoisotopic (exact) mass is 155 g/mol. The highest BCUT2D eigenvalue weighted by Crippen LogP contribution is 1.86. The van der Waals surface area contributed by atoms with E-state index in [-0.39, 0.29) is 0 Å². The van der Waals surface area contributed by atoms with Gasteiger partial charge in [-0.25, -0.2) is 0 Å². The average Bonchev–Trinajstić information content (AvgIpc) is 2.03. The third-order valence-electron chi connectivity index (χ3n) is 1.60. The molecule has 0 aliphatic rings. The van der Waals surface area contributed by atoms with Gasteiger partial charge in [0.25, 0.3) is 0 Å². The van der Waals surface area contributed by atoms with Crippen LogP contribution in [0.3, 0.4) is 0 Å². The normalized spacial score (nSPS) is 11.1. The van der Waals surface area contributed by atoms with Gasteiger partial charge in [0.05, 0.1) is 0 Å². The van der Waals surface area contributed by atoms with Crippen molar-refractivity contribution in [1.29, 1.82) is 0 Å². The summed E-state index contributed by atoms with van der Waals surface area (Å²) in [6, 6.07) is 0. The molecule has 0 bridgehead atoms. The summed E-state index contributed by atoms with van der Waals surface area (Å²) >= 11 is 0. The van der Waals surface area contributed by atoms with E-state index in [0.29, 0.717) is 0 Å².